The summed E-state index contributed by atoms with van der Waals surface area (Å²) in [5.74, 6) is -0.225. The molecule has 0 saturated heterocycles. The minimum Gasteiger partial charge on any atom is -0.396 e. The van der Waals surface area contributed by atoms with Gasteiger partial charge in [-0.05, 0) is 48.9 Å². The summed E-state index contributed by atoms with van der Waals surface area (Å²) in [6.45, 7) is 1.49. The van der Waals surface area contributed by atoms with Gasteiger partial charge in [-0.2, -0.15) is 0 Å². The molecule has 4 heteroatoms. The number of aliphatic hydroxyl groups is 1. The van der Waals surface area contributed by atoms with Crippen molar-refractivity contribution in [3.8, 4) is 0 Å². The second kappa shape index (κ2) is 6.25. The highest BCUT2D eigenvalue weighted by molar-refractivity contribution is 5.17. The van der Waals surface area contributed by atoms with Crippen molar-refractivity contribution in [2.75, 3.05) is 13.2 Å². The van der Waals surface area contributed by atoms with Crippen LogP contribution in [0.4, 0.5) is 8.78 Å². The van der Waals surface area contributed by atoms with E-state index < -0.39 is 11.6 Å². The first kappa shape index (κ1) is 13.4. The van der Waals surface area contributed by atoms with E-state index in [1.54, 1.807) is 0 Å². The van der Waals surface area contributed by atoms with Gasteiger partial charge in [-0.25, -0.2) is 8.78 Å². The molecule has 18 heavy (non-hydrogen) atoms. The van der Waals surface area contributed by atoms with Gasteiger partial charge in [-0.1, -0.05) is 6.42 Å². The molecule has 0 bridgehead atoms. The van der Waals surface area contributed by atoms with Crippen molar-refractivity contribution in [3.05, 3.63) is 35.4 Å². The second-order valence-corrected chi connectivity index (χ2v) is 5.04. The Morgan fingerprint density at radius 1 is 1.11 bits per heavy atom. The molecule has 0 amide bonds. The van der Waals surface area contributed by atoms with E-state index in [2.05, 4.69) is 5.32 Å². The van der Waals surface area contributed by atoms with Gasteiger partial charge in [0, 0.05) is 19.2 Å². The molecule has 2 atom stereocenters. The van der Waals surface area contributed by atoms with E-state index in [4.69, 9.17) is 0 Å². The molecule has 0 radical (unpaired) electrons. The summed E-state index contributed by atoms with van der Waals surface area (Å²) in [6.07, 6.45) is 3.36. The van der Waals surface area contributed by atoms with Crippen molar-refractivity contribution < 1.29 is 13.9 Å². The summed E-state index contributed by atoms with van der Waals surface area (Å²) in [7, 11) is 0. The summed E-state index contributed by atoms with van der Waals surface area (Å²) < 4.78 is 25.9. The number of hydrogen-bond donors (Lipinski definition) is 2. The normalized spacial score (nSPS) is 23.5. The molecular weight excluding hydrogens is 236 g/mol. The van der Waals surface area contributed by atoms with E-state index in [0.29, 0.717) is 23.9 Å². The van der Waals surface area contributed by atoms with Gasteiger partial charge in [0.05, 0.1) is 0 Å². The van der Waals surface area contributed by atoms with E-state index in [-0.39, 0.29) is 6.61 Å². The maximum atomic E-state index is 13.0. The van der Waals surface area contributed by atoms with Crippen molar-refractivity contribution in [1.82, 2.24) is 5.32 Å². The number of nitrogens with one attached hydrogen (secondary N) is 1. The van der Waals surface area contributed by atoms with Crippen LogP contribution in [0, 0.1) is 23.5 Å². The largest absolute Gasteiger partial charge is 0.396 e. The van der Waals surface area contributed by atoms with Crippen molar-refractivity contribution >= 4 is 0 Å². The zero-order valence-electron chi connectivity index (χ0n) is 10.3. The van der Waals surface area contributed by atoms with Gasteiger partial charge in [0.2, 0.25) is 0 Å². The van der Waals surface area contributed by atoms with Gasteiger partial charge < -0.3 is 10.4 Å². The molecule has 1 saturated carbocycles. The Morgan fingerprint density at radius 3 is 2.44 bits per heavy atom. The fraction of sp³-hybridized carbons (Fsp3) is 0.571. The molecule has 2 N–H and O–H groups in total. The molecule has 0 heterocycles. The third-order valence-corrected chi connectivity index (χ3v) is 3.71. The van der Waals surface area contributed by atoms with Gasteiger partial charge in [-0.15, -0.1) is 0 Å². The first-order valence-electron chi connectivity index (χ1n) is 6.45. The van der Waals surface area contributed by atoms with Crippen LogP contribution in [-0.2, 0) is 6.54 Å². The van der Waals surface area contributed by atoms with Gasteiger partial charge in [0.15, 0.2) is 0 Å². The van der Waals surface area contributed by atoms with E-state index in [9.17, 15) is 13.9 Å². The van der Waals surface area contributed by atoms with Crippen LogP contribution >= 0.6 is 0 Å². The maximum absolute atomic E-state index is 13.0. The van der Waals surface area contributed by atoms with Crippen LogP contribution < -0.4 is 5.32 Å². The molecule has 2 rings (SSSR count). The molecule has 0 aliphatic heterocycles. The number of hydrogen-bond acceptors (Lipinski definition) is 2. The number of benzene rings is 1. The lowest BCUT2D eigenvalue weighted by Crippen LogP contribution is -2.26. The third-order valence-electron chi connectivity index (χ3n) is 3.71. The van der Waals surface area contributed by atoms with Crippen LogP contribution in [0.5, 0.6) is 0 Å². The molecule has 1 aliphatic rings. The van der Waals surface area contributed by atoms with E-state index in [1.807, 2.05) is 0 Å². The molecule has 1 aromatic carbocycles. The highest BCUT2D eigenvalue weighted by atomic mass is 19.1. The van der Waals surface area contributed by atoms with Crippen LogP contribution in [0.1, 0.15) is 24.8 Å². The molecule has 100 valence electrons. The predicted molar refractivity (Wildman–Crippen MR) is 66.0 cm³/mol. The summed E-state index contributed by atoms with van der Waals surface area (Å²) in [5.41, 5.74) is 0.617. The first-order valence-corrected chi connectivity index (χ1v) is 6.45. The molecule has 2 nitrogen and oxygen atoms in total. The summed E-state index contributed by atoms with van der Waals surface area (Å²) in [4.78, 5) is 0. The molecule has 0 aromatic heterocycles. The smallest absolute Gasteiger partial charge is 0.126 e. The third kappa shape index (κ3) is 3.50. The lowest BCUT2D eigenvalue weighted by molar-refractivity contribution is 0.192. The maximum Gasteiger partial charge on any atom is 0.126 e. The van der Waals surface area contributed by atoms with Gasteiger partial charge in [0.1, 0.15) is 11.6 Å². The van der Waals surface area contributed by atoms with E-state index >= 15 is 0 Å². The van der Waals surface area contributed by atoms with Crippen LogP contribution in [-0.4, -0.2) is 18.3 Å². The fourth-order valence-corrected chi connectivity index (χ4v) is 2.74. The molecule has 1 aliphatic carbocycles. The SMILES string of the molecule is OCC1CCCC1CNCc1cc(F)cc(F)c1. The van der Waals surface area contributed by atoms with Crippen LogP contribution in [0.25, 0.3) is 0 Å². The Morgan fingerprint density at radius 2 is 1.78 bits per heavy atom. The molecule has 2 unspecified atom stereocenters. The minimum absolute atomic E-state index is 0.237. The van der Waals surface area contributed by atoms with Gasteiger partial charge >= 0.3 is 0 Å². The highest BCUT2D eigenvalue weighted by Crippen LogP contribution is 2.30. The average Bonchev–Trinajstić information content (AvgIpc) is 2.75. The summed E-state index contributed by atoms with van der Waals surface area (Å²) in [5, 5.41) is 12.4. The Balaban J connectivity index is 1.81. The topological polar surface area (TPSA) is 32.3 Å². The zero-order valence-corrected chi connectivity index (χ0v) is 10.3. The molecule has 1 aromatic rings. The monoisotopic (exact) mass is 255 g/mol. The van der Waals surface area contributed by atoms with Crippen LogP contribution in [0.3, 0.4) is 0 Å². The quantitative estimate of drug-likeness (QED) is 0.847. The first-order chi connectivity index (χ1) is 8.69. The van der Waals surface area contributed by atoms with Gasteiger partial charge in [0.25, 0.3) is 0 Å². The zero-order chi connectivity index (χ0) is 13.0. The van der Waals surface area contributed by atoms with Crippen molar-refractivity contribution in [1.29, 1.82) is 0 Å². The van der Waals surface area contributed by atoms with Gasteiger partial charge in [-0.3, -0.25) is 0 Å². The highest BCUT2D eigenvalue weighted by Gasteiger charge is 2.25. The summed E-state index contributed by atoms with van der Waals surface area (Å²) in [6, 6.07) is 3.56. The Bertz CT molecular complexity index is 377. The summed E-state index contributed by atoms with van der Waals surface area (Å²) >= 11 is 0. The number of aliphatic hydroxyl groups excluding tert-OH is 1. The second-order valence-electron chi connectivity index (χ2n) is 5.04. The van der Waals surface area contributed by atoms with Crippen molar-refractivity contribution in [2.45, 2.75) is 25.8 Å². The fourth-order valence-electron chi connectivity index (χ4n) is 2.74. The Hall–Kier alpha value is -1.00. The lowest BCUT2D eigenvalue weighted by atomic mass is 9.97. The Kier molecular flexibility index (Phi) is 4.66. The minimum atomic E-state index is -0.541. The van der Waals surface area contributed by atoms with Crippen LogP contribution in [0.2, 0.25) is 0 Å². The molecule has 1 fully saturated rings. The molecular formula is C14H19F2NO. The lowest BCUT2D eigenvalue weighted by Gasteiger charge is -2.17. The Labute approximate surface area is 106 Å². The number of rotatable bonds is 5. The van der Waals surface area contributed by atoms with Crippen molar-refractivity contribution in [3.63, 3.8) is 0 Å². The van der Waals surface area contributed by atoms with Crippen molar-refractivity contribution in [2.24, 2.45) is 11.8 Å². The van der Waals surface area contributed by atoms with E-state index in [1.165, 1.54) is 12.1 Å². The standard InChI is InChI=1S/C14H19F2NO/c15-13-4-10(5-14(16)6-13)7-17-8-11-2-1-3-12(11)9-18/h4-6,11-12,17-18H,1-3,7-9H2. The van der Waals surface area contributed by atoms with Crippen LogP contribution in [0.15, 0.2) is 18.2 Å². The predicted octanol–water partition coefficient (Wildman–Crippen LogP) is 2.46. The average molecular weight is 255 g/mol. The molecule has 0 spiro atoms. The van der Waals surface area contributed by atoms with E-state index in [0.717, 1.165) is 31.9 Å². The number of halogens is 2.